The van der Waals surface area contributed by atoms with Gasteiger partial charge in [-0.1, -0.05) is 25.5 Å². The summed E-state index contributed by atoms with van der Waals surface area (Å²) in [5, 5.41) is 21.5. The van der Waals surface area contributed by atoms with Crippen LogP contribution in [-0.4, -0.2) is 64.3 Å². The maximum atomic E-state index is 17.4. The highest BCUT2D eigenvalue weighted by molar-refractivity contribution is 6.01. The van der Waals surface area contributed by atoms with Crippen LogP contribution in [0.5, 0.6) is 0 Å². The number of fused-ring (bicyclic) bond motifs is 5. The van der Waals surface area contributed by atoms with E-state index in [4.69, 9.17) is 9.47 Å². The topological polar surface area (TPSA) is 127 Å². The lowest BCUT2D eigenvalue weighted by Crippen LogP contribution is -2.70. The minimum absolute atomic E-state index is 0.0228. The van der Waals surface area contributed by atoms with Gasteiger partial charge in [-0.2, -0.15) is 0 Å². The average molecular weight is 535 g/mol. The van der Waals surface area contributed by atoms with E-state index in [-0.39, 0.29) is 38.1 Å². The Morgan fingerprint density at radius 1 is 1.16 bits per heavy atom. The van der Waals surface area contributed by atoms with Gasteiger partial charge in [0.1, 0.15) is 6.61 Å². The Labute approximate surface area is 222 Å². The number of carbonyl (C=O) groups excluding carboxylic acids is 4. The summed E-state index contributed by atoms with van der Waals surface area (Å²) < 4.78 is 28.2. The minimum atomic E-state index is -2.08. The Kier molecular flexibility index (Phi) is 7.51. The molecule has 0 radical (unpaired) electrons. The van der Waals surface area contributed by atoms with Crippen LogP contribution in [0.2, 0.25) is 0 Å². The van der Waals surface area contributed by atoms with Gasteiger partial charge < -0.3 is 19.7 Å². The minimum Gasteiger partial charge on any atom is -0.466 e. The van der Waals surface area contributed by atoms with Gasteiger partial charge in [-0.3, -0.25) is 19.2 Å². The molecule has 3 saturated carbocycles. The number of hydrogen-bond donors (Lipinski definition) is 2. The number of aliphatic hydroxyl groups excluding tert-OH is 2. The van der Waals surface area contributed by atoms with Crippen LogP contribution in [0.3, 0.4) is 0 Å². The Morgan fingerprint density at radius 3 is 2.50 bits per heavy atom. The third-order valence-electron chi connectivity index (χ3n) is 10.1. The number of aliphatic hydroxyl groups is 2. The summed E-state index contributed by atoms with van der Waals surface area (Å²) >= 11 is 0. The summed E-state index contributed by atoms with van der Waals surface area (Å²) in [6.07, 6.45) is 4.02. The van der Waals surface area contributed by atoms with Crippen LogP contribution >= 0.6 is 0 Å². The molecule has 4 rings (SSSR count). The molecule has 4 aliphatic rings. The predicted octanol–water partition coefficient (Wildman–Crippen LogP) is 3.18. The zero-order valence-electron chi connectivity index (χ0n) is 22.6. The second-order valence-electron chi connectivity index (χ2n) is 11.9. The summed E-state index contributed by atoms with van der Waals surface area (Å²) in [5.41, 5.74) is -5.48. The molecule has 38 heavy (non-hydrogen) atoms. The molecular formula is C29H39FO8. The first-order chi connectivity index (χ1) is 17.8. The number of ether oxygens (including phenoxy) is 2. The SMILES string of the molecule is CCOC(=O)CCCC(=O)O[C@]1(C(=O)CO)[C@@H](C)C[C@H]2[C@@H]3CCC4=CC(=O)C=C[C@]4(C)[C@@]3(F)[C@@H](O)C[C@@]21C. The number of esters is 2. The lowest BCUT2D eigenvalue weighted by molar-refractivity contribution is -0.228. The fourth-order valence-corrected chi connectivity index (χ4v) is 8.36. The largest absolute Gasteiger partial charge is 0.466 e. The van der Waals surface area contributed by atoms with Crippen molar-refractivity contribution in [1.29, 1.82) is 0 Å². The van der Waals surface area contributed by atoms with E-state index < -0.39 is 70.3 Å². The van der Waals surface area contributed by atoms with Crippen molar-refractivity contribution in [3.63, 3.8) is 0 Å². The van der Waals surface area contributed by atoms with Gasteiger partial charge in [0.2, 0.25) is 5.78 Å². The van der Waals surface area contributed by atoms with Gasteiger partial charge >= 0.3 is 11.9 Å². The highest BCUT2D eigenvalue weighted by Gasteiger charge is 2.77. The van der Waals surface area contributed by atoms with Crippen molar-refractivity contribution in [1.82, 2.24) is 0 Å². The number of alkyl halides is 1. The van der Waals surface area contributed by atoms with Crippen molar-refractivity contribution < 1.29 is 43.3 Å². The number of halogens is 1. The molecule has 8 atom stereocenters. The van der Waals surface area contributed by atoms with Gasteiger partial charge in [0.25, 0.3) is 0 Å². The zero-order chi connectivity index (χ0) is 28.1. The van der Waals surface area contributed by atoms with E-state index in [1.807, 2.05) is 0 Å². The van der Waals surface area contributed by atoms with Gasteiger partial charge in [-0.15, -0.1) is 0 Å². The first kappa shape index (κ1) is 28.6. The summed E-state index contributed by atoms with van der Waals surface area (Å²) in [6.45, 7) is 6.31. The molecule has 4 aliphatic carbocycles. The third-order valence-corrected chi connectivity index (χ3v) is 10.1. The van der Waals surface area contributed by atoms with Crippen LogP contribution in [0, 0.1) is 28.6 Å². The van der Waals surface area contributed by atoms with Gasteiger partial charge in [0.15, 0.2) is 17.1 Å². The van der Waals surface area contributed by atoms with Crippen molar-refractivity contribution >= 4 is 23.5 Å². The lowest BCUT2D eigenvalue weighted by atomic mass is 9.44. The Balaban J connectivity index is 1.68. The summed E-state index contributed by atoms with van der Waals surface area (Å²) in [6, 6.07) is 0. The molecule has 210 valence electrons. The molecule has 0 aromatic carbocycles. The van der Waals surface area contributed by atoms with Gasteiger partial charge in [-0.05, 0) is 64.0 Å². The van der Waals surface area contributed by atoms with E-state index in [1.54, 1.807) is 33.8 Å². The molecule has 0 aliphatic heterocycles. The molecule has 0 spiro atoms. The average Bonchev–Trinajstić information content (AvgIpc) is 3.07. The van der Waals surface area contributed by atoms with Crippen LogP contribution in [0.25, 0.3) is 0 Å². The molecule has 2 N–H and O–H groups in total. The van der Waals surface area contributed by atoms with Crippen molar-refractivity contribution in [2.75, 3.05) is 13.2 Å². The zero-order valence-corrected chi connectivity index (χ0v) is 22.6. The van der Waals surface area contributed by atoms with E-state index in [0.717, 1.165) is 0 Å². The smallest absolute Gasteiger partial charge is 0.306 e. The normalized spacial score (nSPS) is 41.4. The van der Waals surface area contributed by atoms with E-state index in [0.29, 0.717) is 24.8 Å². The molecule has 0 amide bonds. The fraction of sp³-hybridized carbons (Fsp3) is 0.724. The monoisotopic (exact) mass is 534 g/mol. The molecule has 0 aromatic heterocycles. The number of carbonyl (C=O) groups is 4. The first-order valence-corrected chi connectivity index (χ1v) is 13.6. The van der Waals surface area contributed by atoms with Gasteiger partial charge in [0.05, 0.1) is 12.7 Å². The molecule has 0 bridgehead atoms. The fourth-order valence-electron chi connectivity index (χ4n) is 8.36. The Bertz CT molecular complexity index is 1080. The van der Waals surface area contributed by atoms with Crippen molar-refractivity contribution in [2.45, 2.75) is 90.0 Å². The first-order valence-electron chi connectivity index (χ1n) is 13.6. The standard InChI is InChI=1S/C29H39FO8/c1-5-37-24(35)7-6-8-25(36)38-29(23(34)16-31)17(2)13-21-20-10-9-18-14-19(32)11-12-26(18,3)28(20,30)22(33)15-27(21,29)4/h11-12,14,17,20-22,31,33H,5-10,13,15-16H2,1-4H3/t17-,20-,21-,22-,26-,27-,28-,29-/m0/s1. The second kappa shape index (κ2) is 9.97. The summed E-state index contributed by atoms with van der Waals surface area (Å²) in [4.78, 5) is 50.2. The van der Waals surface area contributed by atoms with Crippen LogP contribution in [-0.2, 0) is 28.7 Å². The number of allylic oxidation sites excluding steroid dienone is 4. The van der Waals surface area contributed by atoms with Crippen LogP contribution < -0.4 is 0 Å². The molecule has 8 nitrogen and oxygen atoms in total. The number of Topliss-reactive ketones (excluding diaryl/α,β-unsaturated/α-hetero) is 1. The number of rotatable bonds is 8. The molecule has 0 unspecified atom stereocenters. The molecule has 3 fully saturated rings. The van der Waals surface area contributed by atoms with Crippen molar-refractivity contribution in [3.8, 4) is 0 Å². The van der Waals surface area contributed by atoms with E-state index in [1.165, 1.54) is 12.2 Å². The Morgan fingerprint density at radius 2 is 1.84 bits per heavy atom. The second-order valence-corrected chi connectivity index (χ2v) is 11.9. The molecule has 0 heterocycles. The predicted molar refractivity (Wildman–Crippen MR) is 134 cm³/mol. The van der Waals surface area contributed by atoms with E-state index in [2.05, 4.69) is 0 Å². The lowest BCUT2D eigenvalue weighted by Gasteiger charge is -2.62. The quantitative estimate of drug-likeness (QED) is 0.455. The maximum absolute atomic E-state index is 17.4. The van der Waals surface area contributed by atoms with Gasteiger partial charge in [0, 0.05) is 35.5 Å². The molecular weight excluding hydrogens is 495 g/mol. The van der Waals surface area contributed by atoms with Crippen molar-refractivity contribution in [2.24, 2.45) is 28.6 Å². The van der Waals surface area contributed by atoms with E-state index >= 15 is 4.39 Å². The molecule has 0 saturated heterocycles. The molecule has 9 heteroatoms. The Hall–Kier alpha value is -2.39. The van der Waals surface area contributed by atoms with Gasteiger partial charge in [-0.25, -0.2) is 4.39 Å². The third kappa shape index (κ3) is 3.91. The summed E-state index contributed by atoms with van der Waals surface area (Å²) in [5.74, 6) is -3.60. The van der Waals surface area contributed by atoms with Crippen LogP contribution in [0.15, 0.2) is 23.8 Å². The number of ketones is 2. The van der Waals surface area contributed by atoms with Crippen molar-refractivity contribution in [3.05, 3.63) is 23.8 Å². The van der Waals surface area contributed by atoms with Crippen LogP contribution in [0.4, 0.5) is 4.39 Å². The van der Waals surface area contributed by atoms with E-state index in [9.17, 15) is 29.4 Å². The van der Waals surface area contributed by atoms with Crippen LogP contribution in [0.1, 0.15) is 72.6 Å². The molecule has 0 aromatic rings. The maximum Gasteiger partial charge on any atom is 0.306 e. The highest BCUT2D eigenvalue weighted by atomic mass is 19.1. The highest BCUT2D eigenvalue weighted by Crippen LogP contribution is 2.71. The number of hydrogen-bond acceptors (Lipinski definition) is 8. The summed E-state index contributed by atoms with van der Waals surface area (Å²) in [7, 11) is 0.